The van der Waals surface area contributed by atoms with E-state index in [2.05, 4.69) is 27.5 Å². The zero-order valence-electron chi connectivity index (χ0n) is 13.5. The van der Waals surface area contributed by atoms with Gasteiger partial charge in [0.1, 0.15) is 5.82 Å². The van der Waals surface area contributed by atoms with Crippen LogP contribution in [-0.2, 0) is 0 Å². The number of nitrogens with one attached hydrogen (secondary N) is 2. The Morgan fingerprint density at radius 2 is 2.09 bits per heavy atom. The molecule has 1 aromatic heterocycles. The van der Waals surface area contributed by atoms with Gasteiger partial charge in [-0.3, -0.25) is 4.79 Å². The summed E-state index contributed by atoms with van der Waals surface area (Å²) in [5.74, 6) is 0.503. The number of rotatable bonds is 6. The second-order valence-corrected chi connectivity index (χ2v) is 6.73. The summed E-state index contributed by atoms with van der Waals surface area (Å²) in [7, 11) is 0. The molecule has 7 heteroatoms. The van der Waals surface area contributed by atoms with E-state index in [-0.39, 0.29) is 17.7 Å². The van der Waals surface area contributed by atoms with Crippen LogP contribution in [-0.4, -0.2) is 38.7 Å². The van der Waals surface area contributed by atoms with E-state index in [4.69, 9.17) is 5.73 Å². The van der Waals surface area contributed by atoms with Crippen LogP contribution < -0.4 is 16.4 Å². The van der Waals surface area contributed by atoms with Crippen LogP contribution in [0.5, 0.6) is 0 Å². The second kappa shape index (κ2) is 6.31. The van der Waals surface area contributed by atoms with Crippen molar-refractivity contribution in [3.8, 4) is 0 Å². The Morgan fingerprint density at radius 3 is 2.65 bits per heavy atom. The maximum Gasteiger partial charge on any atom is 0.254 e. The number of aliphatic hydroxyl groups excluding tert-OH is 1. The maximum atomic E-state index is 11.6. The first-order chi connectivity index (χ1) is 11.0. The molecule has 7 nitrogen and oxygen atoms in total. The fourth-order valence-corrected chi connectivity index (χ4v) is 3.10. The predicted molar refractivity (Wildman–Crippen MR) is 88.3 cm³/mol. The van der Waals surface area contributed by atoms with Gasteiger partial charge in [0.2, 0.25) is 5.95 Å². The normalized spacial score (nSPS) is 25.7. The first-order valence-electron chi connectivity index (χ1n) is 8.41. The van der Waals surface area contributed by atoms with E-state index in [1.165, 1.54) is 6.20 Å². The molecule has 0 saturated heterocycles. The lowest BCUT2D eigenvalue weighted by atomic mass is 9.93. The number of aromatic nitrogens is 2. The van der Waals surface area contributed by atoms with Crippen LogP contribution in [0.2, 0.25) is 0 Å². The summed E-state index contributed by atoms with van der Waals surface area (Å²) in [4.78, 5) is 20.3. The Morgan fingerprint density at radius 1 is 1.39 bits per heavy atom. The molecule has 0 aliphatic heterocycles. The number of primary amides is 1. The van der Waals surface area contributed by atoms with Gasteiger partial charge in [0.25, 0.3) is 5.91 Å². The third kappa shape index (κ3) is 3.72. The SMILES string of the molecule is CCC1(Nc2nc(N[C@H]3CC[C@H](O)CC3)ncc2C(N)=O)CC1. The van der Waals surface area contributed by atoms with E-state index in [9.17, 15) is 9.90 Å². The van der Waals surface area contributed by atoms with E-state index < -0.39 is 5.91 Å². The summed E-state index contributed by atoms with van der Waals surface area (Å²) in [6.07, 6.45) is 7.81. The molecule has 3 rings (SSSR count). The molecule has 0 atom stereocenters. The fraction of sp³-hybridized carbons (Fsp3) is 0.688. The molecule has 0 aromatic carbocycles. The number of nitrogens with two attached hydrogens (primary N) is 1. The van der Waals surface area contributed by atoms with E-state index in [1.807, 2.05) is 0 Å². The van der Waals surface area contributed by atoms with Crippen molar-refractivity contribution in [2.75, 3.05) is 10.6 Å². The molecule has 126 valence electrons. The third-order valence-electron chi connectivity index (χ3n) is 5.00. The topological polar surface area (TPSA) is 113 Å². The highest BCUT2D eigenvalue weighted by molar-refractivity contribution is 5.97. The van der Waals surface area contributed by atoms with Gasteiger partial charge in [-0.05, 0) is 44.9 Å². The summed E-state index contributed by atoms with van der Waals surface area (Å²) in [6.45, 7) is 2.12. The summed E-state index contributed by atoms with van der Waals surface area (Å²) >= 11 is 0. The van der Waals surface area contributed by atoms with Crippen molar-refractivity contribution in [1.82, 2.24) is 9.97 Å². The molecule has 0 bridgehead atoms. The molecule has 0 spiro atoms. The molecular weight excluding hydrogens is 294 g/mol. The van der Waals surface area contributed by atoms with Crippen LogP contribution in [0.25, 0.3) is 0 Å². The minimum absolute atomic E-state index is 0.0464. The number of aliphatic hydroxyl groups is 1. The number of hydrogen-bond acceptors (Lipinski definition) is 6. The first-order valence-corrected chi connectivity index (χ1v) is 8.41. The number of anilines is 2. The highest BCUT2D eigenvalue weighted by atomic mass is 16.3. The van der Waals surface area contributed by atoms with Crippen molar-refractivity contribution >= 4 is 17.7 Å². The lowest BCUT2D eigenvalue weighted by molar-refractivity contribution is 0.1000. The molecule has 2 aliphatic carbocycles. The minimum Gasteiger partial charge on any atom is -0.393 e. The lowest BCUT2D eigenvalue weighted by Crippen LogP contribution is -2.30. The molecule has 5 N–H and O–H groups in total. The van der Waals surface area contributed by atoms with Crippen LogP contribution in [0.1, 0.15) is 62.2 Å². The summed E-state index contributed by atoms with van der Waals surface area (Å²) in [5, 5.41) is 16.3. The molecule has 1 aromatic rings. The van der Waals surface area contributed by atoms with Gasteiger partial charge >= 0.3 is 0 Å². The van der Waals surface area contributed by atoms with Gasteiger partial charge in [0, 0.05) is 17.8 Å². The maximum absolute atomic E-state index is 11.6. The minimum atomic E-state index is -0.522. The molecule has 1 heterocycles. The van der Waals surface area contributed by atoms with E-state index in [0.717, 1.165) is 44.9 Å². The largest absolute Gasteiger partial charge is 0.393 e. The lowest BCUT2D eigenvalue weighted by Gasteiger charge is -2.26. The molecule has 23 heavy (non-hydrogen) atoms. The first kappa shape index (κ1) is 16.0. The Hall–Kier alpha value is -1.89. The van der Waals surface area contributed by atoms with E-state index in [1.54, 1.807) is 0 Å². The fourth-order valence-electron chi connectivity index (χ4n) is 3.10. The van der Waals surface area contributed by atoms with Crippen LogP contribution in [0.15, 0.2) is 6.20 Å². The van der Waals surface area contributed by atoms with Gasteiger partial charge in [0.15, 0.2) is 0 Å². The van der Waals surface area contributed by atoms with Crippen LogP contribution in [0.4, 0.5) is 11.8 Å². The van der Waals surface area contributed by atoms with Gasteiger partial charge in [-0.2, -0.15) is 4.98 Å². The predicted octanol–water partition coefficient (Wildman–Crippen LogP) is 1.65. The molecule has 2 saturated carbocycles. The number of carbonyl (C=O) groups excluding carboxylic acids is 1. The third-order valence-corrected chi connectivity index (χ3v) is 5.00. The van der Waals surface area contributed by atoms with Crippen LogP contribution >= 0.6 is 0 Å². The summed E-state index contributed by atoms with van der Waals surface area (Å²) in [6, 6.07) is 0.256. The Kier molecular flexibility index (Phi) is 4.39. The van der Waals surface area contributed by atoms with E-state index >= 15 is 0 Å². The van der Waals surface area contributed by atoms with Crippen molar-refractivity contribution < 1.29 is 9.90 Å². The summed E-state index contributed by atoms with van der Waals surface area (Å²) in [5.41, 5.74) is 5.81. The highest BCUT2D eigenvalue weighted by Gasteiger charge is 2.41. The number of carbonyl (C=O) groups is 1. The van der Waals surface area contributed by atoms with Crippen molar-refractivity contribution in [3.63, 3.8) is 0 Å². The molecule has 1 amide bonds. The summed E-state index contributed by atoms with van der Waals surface area (Å²) < 4.78 is 0. The van der Waals surface area contributed by atoms with Crippen molar-refractivity contribution in [2.24, 2.45) is 5.73 Å². The number of nitrogens with zero attached hydrogens (tertiary/aromatic N) is 2. The number of amides is 1. The molecular formula is C16H25N5O2. The van der Waals surface area contributed by atoms with Gasteiger partial charge in [-0.25, -0.2) is 4.98 Å². The molecule has 0 unspecified atom stereocenters. The van der Waals surface area contributed by atoms with Crippen LogP contribution in [0, 0.1) is 0 Å². The van der Waals surface area contributed by atoms with Crippen LogP contribution in [0.3, 0.4) is 0 Å². The standard InChI is InChI=1S/C16H25N5O2/c1-2-16(7-8-16)21-14-12(13(17)23)9-18-15(20-14)19-10-3-5-11(22)6-4-10/h9-11,22H,2-8H2,1H3,(H2,17,23)(H2,18,19,20,21)/t10-,11-. The molecule has 2 fully saturated rings. The zero-order chi connectivity index (χ0) is 16.4. The quantitative estimate of drug-likeness (QED) is 0.634. The molecule has 0 radical (unpaired) electrons. The average molecular weight is 319 g/mol. The smallest absolute Gasteiger partial charge is 0.254 e. The number of hydrogen-bond donors (Lipinski definition) is 4. The Bertz CT molecular complexity index is 580. The van der Waals surface area contributed by atoms with Crippen molar-refractivity contribution in [3.05, 3.63) is 11.8 Å². The van der Waals surface area contributed by atoms with Gasteiger partial charge in [0.05, 0.1) is 11.7 Å². The van der Waals surface area contributed by atoms with Gasteiger partial charge in [-0.1, -0.05) is 6.92 Å². The Labute approximate surface area is 136 Å². The second-order valence-electron chi connectivity index (χ2n) is 6.73. The highest BCUT2D eigenvalue weighted by Crippen LogP contribution is 2.42. The van der Waals surface area contributed by atoms with Crippen molar-refractivity contribution in [2.45, 2.75) is 69.6 Å². The zero-order valence-corrected chi connectivity index (χ0v) is 13.5. The Balaban J connectivity index is 1.75. The molecule has 2 aliphatic rings. The van der Waals surface area contributed by atoms with E-state index in [0.29, 0.717) is 17.3 Å². The monoisotopic (exact) mass is 319 g/mol. The average Bonchev–Trinajstić information content (AvgIpc) is 3.30. The van der Waals surface area contributed by atoms with Gasteiger partial charge in [-0.15, -0.1) is 0 Å². The van der Waals surface area contributed by atoms with Gasteiger partial charge < -0.3 is 21.5 Å². The van der Waals surface area contributed by atoms with Crippen molar-refractivity contribution in [1.29, 1.82) is 0 Å².